The van der Waals surface area contributed by atoms with Gasteiger partial charge in [0.15, 0.2) is 0 Å². The van der Waals surface area contributed by atoms with Crippen molar-refractivity contribution >= 4 is 11.5 Å². The van der Waals surface area contributed by atoms with E-state index >= 15 is 0 Å². The van der Waals surface area contributed by atoms with Gasteiger partial charge in [0.05, 0.1) is 0 Å². The van der Waals surface area contributed by atoms with Crippen molar-refractivity contribution in [3.05, 3.63) is 29.3 Å². The number of nitrogens with zero attached hydrogens (tertiary/aromatic N) is 1. The Morgan fingerprint density at radius 3 is 2.30 bits per heavy atom. The Hall–Kier alpha value is -1.51. The molecule has 3 N–H and O–H groups in total. The van der Waals surface area contributed by atoms with Crippen LogP contribution in [0.5, 0.6) is 0 Å². The SMILES string of the molecule is Cc1cc(N2CCC(C(C)(C)C)CC2)ccc1C(=N)N. The van der Waals surface area contributed by atoms with Crippen LogP contribution in [0.3, 0.4) is 0 Å². The number of hydrogen-bond acceptors (Lipinski definition) is 2. The summed E-state index contributed by atoms with van der Waals surface area (Å²) in [7, 11) is 0. The van der Waals surface area contributed by atoms with E-state index in [1.54, 1.807) is 0 Å². The quantitative estimate of drug-likeness (QED) is 0.639. The van der Waals surface area contributed by atoms with Crippen LogP contribution >= 0.6 is 0 Å². The molecule has 0 atom stereocenters. The van der Waals surface area contributed by atoms with Gasteiger partial charge in [-0.1, -0.05) is 20.8 Å². The lowest BCUT2D eigenvalue weighted by Crippen LogP contribution is -2.38. The number of nitrogens with one attached hydrogen (secondary N) is 1. The number of piperidine rings is 1. The molecule has 1 aromatic carbocycles. The molecule has 1 saturated heterocycles. The molecule has 0 aromatic heterocycles. The number of nitrogen functional groups attached to an aromatic ring is 1. The van der Waals surface area contributed by atoms with E-state index < -0.39 is 0 Å². The van der Waals surface area contributed by atoms with Gasteiger partial charge in [0.25, 0.3) is 0 Å². The van der Waals surface area contributed by atoms with Gasteiger partial charge in [0.1, 0.15) is 5.84 Å². The van der Waals surface area contributed by atoms with Crippen LogP contribution in [0.4, 0.5) is 5.69 Å². The van der Waals surface area contributed by atoms with Gasteiger partial charge in [-0.3, -0.25) is 5.41 Å². The summed E-state index contributed by atoms with van der Waals surface area (Å²) < 4.78 is 0. The van der Waals surface area contributed by atoms with E-state index in [-0.39, 0.29) is 5.84 Å². The van der Waals surface area contributed by atoms with Gasteiger partial charge in [-0.05, 0) is 54.9 Å². The number of nitrogens with two attached hydrogens (primary N) is 1. The summed E-state index contributed by atoms with van der Waals surface area (Å²) in [5, 5.41) is 7.55. The monoisotopic (exact) mass is 273 g/mol. The van der Waals surface area contributed by atoms with Crippen molar-refractivity contribution < 1.29 is 0 Å². The molecule has 1 heterocycles. The van der Waals surface area contributed by atoms with Crippen LogP contribution in [0, 0.1) is 23.7 Å². The molecule has 0 bridgehead atoms. The molecule has 0 aliphatic carbocycles. The van der Waals surface area contributed by atoms with Crippen LogP contribution in [0.15, 0.2) is 18.2 Å². The molecule has 110 valence electrons. The second kappa shape index (κ2) is 5.47. The summed E-state index contributed by atoms with van der Waals surface area (Å²) in [6.07, 6.45) is 2.52. The van der Waals surface area contributed by atoms with E-state index in [0.717, 1.165) is 30.1 Å². The first-order valence-corrected chi connectivity index (χ1v) is 7.49. The molecule has 1 aromatic rings. The van der Waals surface area contributed by atoms with Crippen LogP contribution in [0.2, 0.25) is 0 Å². The third-order valence-corrected chi connectivity index (χ3v) is 4.59. The van der Waals surface area contributed by atoms with E-state index in [4.69, 9.17) is 11.1 Å². The summed E-state index contributed by atoms with van der Waals surface area (Å²) in [6, 6.07) is 6.23. The third kappa shape index (κ3) is 3.14. The molecule has 1 fully saturated rings. The summed E-state index contributed by atoms with van der Waals surface area (Å²) in [4.78, 5) is 2.46. The minimum absolute atomic E-state index is 0.153. The van der Waals surface area contributed by atoms with Crippen molar-refractivity contribution in [1.82, 2.24) is 0 Å². The van der Waals surface area contributed by atoms with Crippen molar-refractivity contribution in [2.24, 2.45) is 17.1 Å². The lowest BCUT2D eigenvalue weighted by atomic mass is 9.75. The highest BCUT2D eigenvalue weighted by Crippen LogP contribution is 2.35. The topological polar surface area (TPSA) is 53.1 Å². The van der Waals surface area contributed by atoms with Crippen molar-refractivity contribution in [2.75, 3.05) is 18.0 Å². The Balaban J connectivity index is 2.08. The van der Waals surface area contributed by atoms with Crippen LogP contribution in [0.25, 0.3) is 0 Å². The zero-order valence-electron chi connectivity index (χ0n) is 13.2. The Labute approximate surface area is 122 Å². The van der Waals surface area contributed by atoms with E-state index in [2.05, 4.69) is 37.8 Å². The fourth-order valence-electron chi connectivity index (χ4n) is 3.15. The molecule has 1 aliphatic heterocycles. The normalized spacial score (nSPS) is 17.3. The first-order chi connectivity index (χ1) is 9.29. The van der Waals surface area contributed by atoms with Crippen molar-refractivity contribution in [3.63, 3.8) is 0 Å². The van der Waals surface area contributed by atoms with Crippen molar-refractivity contribution in [2.45, 2.75) is 40.5 Å². The second-order valence-corrected chi connectivity index (χ2v) is 7.04. The fraction of sp³-hybridized carbons (Fsp3) is 0.588. The Morgan fingerprint density at radius 2 is 1.85 bits per heavy atom. The Morgan fingerprint density at radius 1 is 1.25 bits per heavy atom. The molecule has 0 amide bonds. The van der Waals surface area contributed by atoms with Crippen LogP contribution in [0.1, 0.15) is 44.7 Å². The maximum Gasteiger partial charge on any atom is 0.123 e. The zero-order chi connectivity index (χ0) is 14.9. The summed E-state index contributed by atoms with van der Waals surface area (Å²) >= 11 is 0. The minimum atomic E-state index is 0.153. The second-order valence-electron chi connectivity index (χ2n) is 7.04. The summed E-state index contributed by atoms with van der Waals surface area (Å²) in [6.45, 7) is 11.3. The lowest BCUT2D eigenvalue weighted by Gasteiger charge is -2.40. The van der Waals surface area contributed by atoms with Gasteiger partial charge in [0.2, 0.25) is 0 Å². The van der Waals surface area contributed by atoms with Gasteiger partial charge in [-0.25, -0.2) is 0 Å². The molecule has 0 unspecified atom stereocenters. The van der Waals surface area contributed by atoms with Gasteiger partial charge in [-0.15, -0.1) is 0 Å². The van der Waals surface area contributed by atoms with Crippen LogP contribution < -0.4 is 10.6 Å². The molecule has 0 radical (unpaired) electrons. The van der Waals surface area contributed by atoms with Gasteiger partial charge >= 0.3 is 0 Å². The number of rotatable bonds is 2. The first kappa shape index (κ1) is 14.9. The smallest absolute Gasteiger partial charge is 0.123 e. The van der Waals surface area contributed by atoms with Gasteiger partial charge in [0, 0.05) is 24.3 Å². The number of amidine groups is 1. The average Bonchev–Trinajstić information content (AvgIpc) is 2.37. The molecule has 3 nitrogen and oxygen atoms in total. The lowest BCUT2D eigenvalue weighted by molar-refractivity contribution is 0.199. The van der Waals surface area contributed by atoms with Crippen molar-refractivity contribution in [1.29, 1.82) is 5.41 Å². The number of benzene rings is 1. The largest absolute Gasteiger partial charge is 0.384 e. The maximum atomic E-state index is 7.55. The standard InChI is InChI=1S/C17H27N3/c1-12-11-14(5-6-15(12)16(18)19)20-9-7-13(8-10-20)17(2,3)4/h5-6,11,13H,7-10H2,1-4H3,(H3,18,19). The van der Waals surface area contributed by atoms with Crippen LogP contribution in [-0.4, -0.2) is 18.9 Å². The summed E-state index contributed by atoms with van der Waals surface area (Å²) in [5.74, 6) is 0.969. The predicted octanol–water partition coefficient (Wildman–Crippen LogP) is 3.54. The molecular formula is C17H27N3. The molecule has 20 heavy (non-hydrogen) atoms. The highest BCUT2D eigenvalue weighted by atomic mass is 15.1. The van der Waals surface area contributed by atoms with Gasteiger partial charge in [-0.2, -0.15) is 0 Å². The van der Waals surface area contributed by atoms with E-state index in [1.807, 2.05) is 13.0 Å². The molecule has 0 saturated carbocycles. The minimum Gasteiger partial charge on any atom is -0.384 e. The van der Waals surface area contributed by atoms with E-state index in [0.29, 0.717) is 5.41 Å². The number of aryl methyl sites for hydroxylation is 1. The predicted molar refractivity (Wildman–Crippen MR) is 86.6 cm³/mol. The molecule has 1 aliphatic rings. The highest BCUT2D eigenvalue weighted by molar-refractivity contribution is 5.96. The van der Waals surface area contributed by atoms with E-state index in [9.17, 15) is 0 Å². The Bertz CT molecular complexity index is 491. The molecular weight excluding hydrogens is 246 g/mol. The number of hydrogen-bond donors (Lipinski definition) is 2. The number of anilines is 1. The molecule has 2 rings (SSSR count). The summed E-state index contributed by atoms with van der Waals surface area (Å²) in [5.41, 5.74) is 9.20. The van der Waals surface area contributed by atoms with Gasteiger partial charge < -0.3 is 10.6 Å². The Kier molecular flexibility index (Phi) is 4.07. The highest BCUT2D eigenvalue weighted by Gasteiger charge is 2.28. The third-order valence-electron chi connectivity index (χ3n) is 4.59. The molecule has 3 heteroatoms. The van der Waals surface area contributed by atoms with E-state index in [1.165, 1.54) is 18.5 Å². The average molecular weight is 273 g/mol. The van der Waals surface area contributed by atoms with Crippen molar-refractivity contribution in [3.8, 4) is 0 Å². The first-order valence-electron chi connectivity index (χ1n) is 7.49. The molecule has 0 spiro atoms. The zero-order valence-corrected chi connectivity index (χ0v) is 13.2. The maximum absolute atomic E-state index is 7.55. The van der Waals surface area contributed by atoms with Crippen LogP contribution in [-0.2, 0) is 0 Å². The fourth-order valence-corrected chi connectivity index (χ4v) is 3.15.